The van der Waals surface area contributed by atoms with E-state index in [1.165, 1.54) is 5.39 Å². The van der Waals surface area contributed by atoms with Crippen LogP contribution in [0.3, 0.4) is 0 Å². The lowest BCUT2D eigenvalue weighted by Crippen LogP contribution is -2.29. The van der Waals surface area contributed by atoms with E-state index < -0.39 is 0 Å². The summed E-state index contributed by atoms with van der Waals surface area (Å²) < 4.78 is 5.75. The van der Waals surface area contributed by atoms with Gasteiger partial charge in [0.2, 0.25) is 5.91 Å². The van der Waals surface area contributed by atoms with Gasteiger partial charge in [-0.05, 0) is 34.5 Å². The van der Waals surface area contributed by atoms with Gasteiger partial charge in [-0.25, -0.2) is 0 Å². The van der Waals surface area contributed by atoms with Crippen LogP contribution in [-0.2, 0) is 11.2 Å². The maximum atomic E-state index is 12.2. The van der Waals surface area contributed by atoms with Gasteiger partial charge in [0, 0.05) is 17.1 Å². The van der Waals surface area contributed by atoms with Gasteiger partial charge in [0.1, 0.15) is 12.4 Å². The number of aromatic nitrogens is 1. The maximum Gasteiger partial charge on any atom is 0.224 e. The molecule has 26 heavy (non-hydrogen) atoms. The highest BCUT2D eigenvalue weighted by Gasteiger charge is 2.08. The molecule has 0 fully saturated rings. The van der Waals surface area contributed by atoms with E-state index in [1.54, 1.807) is 0 Å². The zero-order valence-electron chi connectivity index (χ0n) is 14.4. The molecule has 3 aromatic carbocycles. The van der Waals surface area contributed by atoms with E-state index in [0.717, 1.165) is 27.6 Å². The second-order valence-corrected chi connectivity index (χ2v) is 6.24. The first-order chi connectivity index (χ1) is 12.8. The Morgan fingerprint density at radius 2 is 1.77 bits per heavy atom. The lowest BCUT2D eigenvalue weighted by atomic mass is 10.1. The number of carbonyl (C=O) groups is 1. The van der Waals surface area contributed by atoms with Gasteiger partial charge in [0.05, 0.1) is 13.0 Å². The summed E-state index contributed by atoms with van der Waals surface area (Å²) >= 11 is 0. The Labute approximate surface area is 151 Å². The van der Waals surface area contributed by atoms with Gasteiger partial charge in [-0.1, -0.05) is 48.5 Å². The molecule has 4 rings (SSSR count). The largest absolute Gasteiger partial charge is 0.492 e. The monoisotopic (exact) mass is 344 g/mol. The summed E-state index contributed by atoms with van der Waals surface area (Å²) in [5.41, 5.74) is 2.06. The SMILES string of the molecule is O=C(Cc1c[nH]c2ccccc12)NCCOc1ccc2ccccc2c1. The standard InChI is InChI=1S/C22H20N2O2/c25-22(14-18-15-24-21-8-4-3-7-20(18)21)23-11-12-26-19-10-9-16-5-1-2-6-17(16)13-19/h1-10,13,15,24H,11-12,14H2,(H,23,25). The Balaban J connectivity index is 1.28. The Hall–Kier alpha value is -3.27. The number of hydrogen-bond acceptors (Lipinski definition) is 2. The fourth-order valence-electron chi connectivity index (χ4n) is 3.13. The van der Waals surface area contributed by atoms with Crippen LogP contribution in [0.4, 0.5) is 0 Å². The number of rotatable bonds is 6. The van der Waals surface area contributed by atoms with Crippen LogP contribution in [0, 0.1) is 0 Å². The van der Waals surface area contributed by atoms with E-state index in [-0.39, 0.29) is 5.91 Å². The molecule has 0 spiro atoms. The number of aromatic amines is 1. The number of ether oxygens (including phenoxy) is 1. The highest BCUT2D eigenvalue weighted by Crippen LogP contribution is 2.20. The number of fused-ring (bicyclic) bond motifs is 2. The Bertz CT molecular complexity index is 1050. The lowest BCUT2D eigenvalue weighted by molar-refractivity contribution is -0.120. The minimum Gasteiger partial charge on any atom is -0.492 e. The van der Waals surface area contributed by atoms with Crippen molar-refractivity contribution in [1.82, 2.24) is 10.3 Å². The Morgan fingerprint density at radius 3 is 2.69 bits per heavy atom. The smallest absolute Gasteiger partial charge is 0.224 e. The van der Waals surface area contributed by atoms with Crippen molar-refractivity contribution in [3.8, 4) is 5.75 Å². The molecule has 4 nitrogen and oxygen atoms in total. The van der Waals surface area contributed by atoms with Crippen molar-refractivity contribution in [2.45, 2.75) is 6.42 Å². The van der Waals surface area contributed by atoms with E-state index in [2.05, 4.69) is 22.4 Å². The molecule has 0 atom stereocenters. The van der Waals surface area contributed by atoms with Crippen LogP contribution in [0.25, 0.3) is 21.7 Å². The lowest BCUT2D eigenvalue weighted by Gasteiger charge is -2.08. The summed E-state index contributed by atoms with van der Waals surface area (Å²) in [7, 11) is 0. The molecular weight excluding hydrogens is 324 g/mol. The zero-order valence-corrected chi connectivity index (χ0v) is 14.4. The van der Waals surface area contributed by atoms with Gasteiger partial charge in [0.25, 0.3) is 0 Å². The van der Waals surface area contributed by atoms with Crippen LogP contribution in [-0.4, -0.2) is 24.0 Å². The molecule has 0 aliphatic rings. The van der Waals surface area contributed by atoms with Gasteiger partial charge < -0.3 is 15.0 Å². The summed E-state index contributed by atoms with van der Waals surface area (Å²) in [6.45, 7) is 0.923. The van der Waals surface area contributed by atoms with Crippen molar-refractivity contribution in [1.29, 1.82) is 0 Å². The summed E-state index contributed by atoms with van der Waals surface area (Å²) in [5, 5.41) is 6.34. The van der Waals surface area contributed by atoms with Crippen molar-refractivity contribution in [2.24, 2.45) is 0 Å². The predicted molar refractivity (Wildman–Crippen MR) is 104 cm³/mol. The van der Waals surface area contributed by atoms with Crippen molar-refractivity contribution in [3.05, 3.63) is 78.5 Å². The molecular formula is C22H20N2O2. The minimum atomic E-state index is -0.00290. The fourth-order valence-corrected chi connectivity index (χ4v) is 3.13. The first-order valence-electron chi connectivity index (χ1n) is 8.73. The fraction of sp³-hybridized carbons (Fsp3) is 0.136. The summed E-state index contributed by atoms with van der Waals surface area (Å²) in [4.78, 5) is 15.4. The van der Waals surface area contributed by atoms with E-state index in [4.69, 9.17) is 4.74 Å². The number of carbonyl (C=O) groups excluding carboxylic acids is 1. The van der Waals surface area contributed by atoms with Crippen LogP contribution in [0.2, 0.25) is 0 Å². The number of H-pyrrole nitrogens is 1. The normalized spacial score (nSPS) is 10.9. The third-order valence-corrected chi connectivity index (χ3v) is 4.44. The number of para-hydroxylation sites is 1. The molecule has 0 radical (unpaired) electrons. The first kappa shape index (κ1) is 16.2. The van der Waals surface area contributed by atoms with Crippen LogP contribution < -0.4 is 10.1 Å². The second kappa shape index (κ2) is 7.31. The van der Waals surface area contributed by atoms with Crippen molar-refractivity contribution < 1.29 is 9.53 Å². The molecule has 1 aromatic heterocycles. The average molecular weight is 344 g/mol. The predicted octanol–water partition coefficient (Wildman–Crippen LogP) is 4.06. The van der Waals surface area contributed by atoms with Gasteiger partial charge in [-0.2, -0.15) is 0 Å². The Morgan fingerprint density at radius 1 is 0.962 bits per heavy atom. The number of benzene rings is 3. The van der Waals surface area contributed by atoms with Crippen LogP contribution >= 0.6 is 0 Å². The first-order valence-corrected chi connectivity index (χ1v) is 8.73. The highest BCUT2D eigenvalue weighted by atomic mass is 16.5. The molecule has 1 heterocycles. The van der Waals surface area contributed by atoms with Gasteiger partial charge >= 0.3 is 0 Å². The molecule has 0 bridgehead atoms. The Kier molecular flexibility index (Phi) is 4.56. The van der Waals surface area contributed by atoms with Crippen LogP contribution in [0.1, 0.15) is 5.56 Å². The molecule has 0 saturated carbocycles. The quantitative estimate of drug-likeness (QED) is 0.518. The molecule has 0 aliphatic heterocycles. The van der Waals surface area contributed by atoms with E-state index in [0.29, 0.717) is 19.6 Å². The van der Waals surface area contributed by atoms with Crippen LogP contribution in [0.5, 0.6) is 5.75 Å². The van der Waals surface area contributed by atoms with E-state index >= 15 is 0 Å². The summed E-state index contributed by atoms with van der Waals surface area (Å²) in [6.07, 6.45) is 2.26. The van der Waals surface area contributed by atoms with Crippen molar-refractivity contribution >= 4 is 27.6 Å². The average Bonchev–Trinajstić information content (AvgIpc) is 3.08. The topological polar surface area (TPSA) is 54.1 Å². The molecule has 1 amide bonds. The van der Waals surface area contributed by atoms with Gasteiger partial charge in [-0.15, -0.1) is 0 Å². The van der Waals surface area contributed by atoms with Crippen LogP contribution in [0.15, 0.2) is 72.9 Å². The molecule has 4 aromatic rings. The van der Waals surface area contributed by atoms with E-state index in [1.807, 2.05) is 60.8 Å². The third kappa shape index (κ3) is 3.54. The second-order valence-electron chi connectivity index (χ2n) is 6.24. The molecule has 130 valence electrons. The van der Waals surface area contributed by atoms with Crippen molar-refractivity contribution in [3.63, 3.8) is 0 Å². The molecule has 0 aliphatic carbocycles. The number of hydrogen-bond donors (Lipinski definition) is 2. The van der Waals surface area contributed by atoms with Gasteiger partial charge in [0.15, 0.2) is 0 Å². The molecule has 0 saturated heterocycles. The third-order valence-electron chi connectivity index (χ3n) is 4.44. The number of nitrogens with one attached hydrogen (secondary N) is 2. The summed E-state index contributed by atoms with van der Waals surface area (Å²) in [6, 6.07) is 22.2. The van der Waals surface area contributed by atoms with Crippen molar-refractivity contribution in [2.75, 3.05) is 13.2 Å². The van der Waals surface area contributed by atoms with Gasteiger partial charge in [-0.3, -0.25) is 4.79 Å². The highest BCUT2D eigenvalue weighted by molar-refractivity contribution is 5.88. The molecule has 4 heteroatoms. The van der Waals surface area contributed by atoms with E-state index in [9.17, 15) is 4.79 Å². The molecule has 2 N–H and O–H groups in total. The number of amides is 1. The minimum absolute atomic E-state index is 0.00290. The molecule has 0 unspecified atom stereocenters. The zero-order chi connectivity index (χ0) is 17.8. The summed E-state index contributed by atoms with van der Waals surface area (Å²) in [5.74, 6) is 0.812. The maximum absolute atomic E-state index is 12.2.